The average molecular weight is 452 g/mol. The van der Waals surface area contributed by atoms with Crippen LogP contribution in [-0.2, 0) is 10.0 Å². The molecule has 3 aromatic rings. The number of hydrogen-bond donors (Lipinski definition) is 0. The highest BCUT2D eigenvalue weighted by molar-refractivity contribution is 8.16. The molecule has 0 radical (unpaired) electrons. The van der Waals surface area contributed by atoms with Crippen molar-refractivity contribution in [3.8, 4) is 11.3 Å². The summed E-state index contributed by atoms with van der Waals surface area (Å²) in [6, 6.07) is 11.1. The Morgan fingerprint density at radius 1 is 1.07 bits per heavy atom. The highest BCUT2D eigenvalue weighted by atomic mass is 32.2. The molecule has 1 aromatic heterocycles. The first-order valence-electron chi connectivity index (χ1n) is 9.14. The average Bonchev–Trinajstić information content (AvgIpc) is 3.19. The number of thioether (sulfide) groups is 2. The Morgan fingerprint density at radius 2 is 1.72 bits per heavy atom. The predicted octanol–water partition coefficient (Wildman–Crippen LogP) is 5.13. The summed E-state index contributed by atoms with van der Waals surface area (Å²) < 4.78 is 40.7. The first-order valence-corrected chi connectivity index (χ1v) is 12.7. The van der Waals surface area contributed by atoms with Crippen molar-refractivity contribution in [3.05, 3.63) is 65.6 Å². The second-order valence-corrected chi connectivity index (χ2v) is 11.1. The van der Waals surface area contributed by atoms with Gasteiger partial charge in [-0.2, -0.15) is 8.42 Å². The van der Waals surface area contributed by atoms with Crippen molar-refractivity contribution in [3.63, 3.8) is 0 Å². The van der Waals surface area contributed by atoms with E-state index in [9.17, 15) is 12.8 Å². The Hall–Kier alpha value is -1.84. The maximum absolute atomic E-state index is 14.0. The van der Waals surface area contributed by atoms with Crippen molar-refractivity contribution in [1.82, 2.24) is 14.4 Å². The standard InChI is InChI=1S/C20H22FN3O2S3/c1-4-27-20(28-5-2)17-11-8-15(21)12-18(17)19-13-24(23-22-19)29(25,26)16-9-6-14(3)7-10-16/h6-13,20H,4-5H2,1-3H3. The van der Waals surface area contributed by atoms with Crippen LogP contribution in [0.1, 0.15) is 29.6 Å². The molecule has 1 heterocycles. The van der Waals surface area contributed by atoms with Gasteiger partial charge in [0.25, 0.3) is 10.0 Å². The summed E-state index contributed by atoms with van der Waals surface area (Å²) in [7, 11) is -3.87. The summed E-state index contributed by atoms with van der Waals surface area (Å²) in [6.07, 6.45) is 1.34. The van der Waals surface area contributed by atoms with Crippen LogP contribution in [0.2, 0.25) is 0 Å². The highest BCUT2D eigenvalue weighted by Gasteiger charge is 2.23. The molecule has 2 aromatic carbocycles. The Bertz CT molecular complexity index is 1080. The van der Waals surface area contributed by atoms with E-state index in [1.165, 1.54) is 30.5 Å². The Kier molecular flexibility index (Phi) is 7.02. The van der Waals surface area contributed by atoms with Gasteiger partial charge in [-0.05, 0) is 48.3 Å². The van der Waals surface area contributed by atoms with E-state index in [1.807, 2.05) is 6.92 Å². The Balaban J connectivity index is 2.04. The Morgan fingerprint density at radius 3 is 2.34 bits per heavy atom. The summed E-state index contributed by atoms with van der Waals surface area (Å²) in [5.41, 5.74) is 2.75. The van der Waals surface area contributed by atoms with E-state index in [2.05, 4.69) is 24.2 Å². The third-order valence-electron chi connectivity index (χ3n) is 4.22. The minimum Gasteiger partial charge on any atom is -0.207 e. The van der Waals surface area contributed by atoms with Crippen LogP contribution in [0.25, 0.3) is 11.3 Å². The van der Waals surface area contributed by atoms with E-state index in [4.69, 9.17) is 0 Å². The second-order valence-electron chi connectivity index (χ2n) is 6.27. The van der Waals surface area contributed by atoms with Crippen LogP contribution in [0.5, 0.6) is 0 Å². The van der Waals surface area contributed by atoms with Gasteiger partial charge in [-0.15, -0.1) is 32.7 Å². The lowest BCUT2D eigenvalue weighted by Crippen LogP contribution is -2.13. The topological polar surface area (TPSA) is 64.8 Å². The van der Waals surface area contributed by atoms with E-state index in [0.717, 1.165) is 26.7 Å². The van der Waals surface area contributed by atoms with Gasteiger partial charge in [-0.25, -0.2) is 4.39 Å². The van der Waals surface area contributed by atoms with Gasteiger partial charge in [0.2, 0.25) is 0 Å². The number of benzene rings is 2. The molecule has 0 aliphatic heterocycles. The maximum atomic E-state index is 14.0. The minimum absolute atomic E-state index is 0.0967. The maximum Gasteiger partial charge on any atom is 0.284 e. The van der Waals surface area contributed by atoms with Crippen LogP contribution >= 0.6 is 23.5 Å². The fraction of sp³-hybridized carbons (Fsp3) is 0.300. The van der Waals surface area contributed by atoms with Crippen molar-refractivity contribution in [1.29, 1.82) is 0 Å². The van der Waals surface area contributed by atoms with Crippen LogP contribution in [0.3, 0.4) is 0 Å². The normalized spacial score (nSPS) is 11.9. The molecule has 0 atom stereocenters. The third kappa shape index (κ3) is 4.84. The number of hydrogen-bond acceptors (Lipinski definition) is 6. The van der Waals surface area contributed by atoms with Crippen LogP contribution in [0.4, 0.5) is 4.39 Å². The molecule has 0 spiro atoms. The second kappa shape index (κ2) is 9.32. The summed E-state index contributed by atoms with van der Waals surface area (Å²) in [6.45, 7) is 6.03. The number of aryl methyl sites for hydroxylation is 1. The van der Waals surface area contributed by atoms with Crippen molar-refractivity contribution in [2.24, 2.45) is 0 Å². The Labute approximate surface area is 179 Å². The summed E-state index contributed by atoms with van der Waals surface area (Å²) >= 11 is 3.49. The number of rotatable bonds is 8. The van der Waals surface area contributed by atoms with Gasteiger partial charge < -0.3 is 0 Å². The fourth-order valence-corrected chi connectivity index (χ4v) is 6.44. The first-order chi connectivity index (χ1) is 13.9. The summed E-state index contributed by atoms with van der Waals surface area (Å²) in [5, 5.41) is 7.88. The van der Waals surface area contributed by atoms with Gasteiger partial charge in [-0.1, -0.05) is 42.8 Å². The number of nitrogens with zero attached hydrogens (tertiary/aromatic N) is 3. The molecule has 29 heavy (non-hydrogen) atoms. The molecule has 9 heteroatoms. The van der Waals surface area contributed by atoms with E-state index >= 15 is 0 Å². The zero-order valence-electron chi connectivity index (χ0n) is 16.4. The fourth-order valence-electron chi connectivity index (χ4n) is 2.79. The third-order valence-corrected chi connectivity index (χ3v) is 8.36. The number of aromatic nitrogens is 3. The van der Waals surface area contributed by atoms with Gasteiger partial charge in [0.05, 0.1) is 15.7 Å². The van der Waals surface area contributed by atoms with Crippen molar-refractivity contribution < 1.29 is 12.8 Å². The van der Waals surface area contributed by atoms with Crippen molar-refractivity contribution in [2.45, 2.75) is 30.2 Å². The van der Waals surface area contributed by atoms with Gasteiger partial charge in [0.15, 0.2) is 0 Å². The van der Waals surface area contributed by atoms with Crippen molar-refractivity contribution >= 4 is 33.5 Å². The van der Waals surface area contributed by atoms with Crippen LogP contribution in [0, 0.1) is 12.7 Å². The predicted molar refractivity (Wildman–Crippen MR) is 118 cm³/mol. The van der Waals surface area contributed by atoms with Crippen LogP contribution in [-0.4, -0.2) is 34.3 Å². The number of halogens is 1. The lowest BCUT2D eigenvalue weighted by Gasteiger charge is -2.18. The molecule has 0 fully saturated rings. The largest absolute Gasteiger partial charge is 0.284 e. The van der Waals surface area contributed by atoms with Gasteiger partial charge in [-0.3, -0.25) is 0 Å². The SMILES string of the molecule is CCSC(SCC)c1ccc(F)cc1-c1cn(S(=O)(=O)c2ccc(C)cc2)nn1. The lowest BCUT2D eigenvalue weighted by molar-refractivity contribution is 0.577. The molecule has 5 nitrogen and oxygen atoms in total. The lowest BCUT2D eigenvalue weighted by atomic mass is 10.1. The monoisotopic (exact) mass is 451 g/mol. The highest BCUT2D eigenvalue weighted by Crippen LogP contribution is 2.43. The summed E-state index contributed by atoms with van der Waals surface area (Å²) in [4.78, 5) is 0.125. The van der Waals surface area contributed by atoms with Gasteiger partial charge in [0, 0.05) is 5.56 Å². The quantitative estimate of drug-likeness (QED) is 0.442. The minimum atomic E-state index is -3.87. The smallest absolute Gasteiger partial charge is 0.207 e. The molecule has 0 amide bonds. The zero-order valence-corrected chi connectivity index (χ0v) is 18.8. The van der Waals surface area contributed by atoms with E-state index < -0.39 is 15.8 Å². The molecule has 0 N–H and O–H groups in total. The molecular formula is C20H22FN3O2S3. The molecule has 0 saturated heterocycles. The molecule has 0 bridgehead atoms. The molecule has 0 unspecified atom stereocenters. The van der Waals surface area contributed by atoms with Gasteiger partial charge >= 0.3 is 0 Å². The van der Waals surface area contributed by atoms with Gasteiger partial charge in [0.1, 0.15) is 11.5 Å². The zero-order chi connectivity index (χ0) is 21.0. The van der Waals surface area contributed by atoms with E-state index in [1.54, 1.807) is 41.7 Å². The molecule has 0 aliphatic rings. The van der Waals surface area contributed by atoms with Crippen LogP contribution < -0.4 is 0 Å². The first kappa shape index (κ1) is 21.9. The van der Waals surface area contributed by atoms with Crippen LogP contribution in [0.15, 0.2) is 53.6 Å². The molecular weight excluding hydrogens is 429 g/mol. The molecule has 0 saturated carbocycles. The molecule has 3 rings (SSSR count). The van der Waals surface area contributed by atoms with Crippen molar-refractivity contribution in [2.75, 3.05) is 11.5 Å². The molecule has 154 valence electrons. The summed E-state index contributed by atoms with van der Waals surface area (Å²) in [5.74, 6) is 1.41. The molecule has 0 aliphatic carbocycles. The van der Waals surface area contributed by atoms with E-state index in [0.29, 0.717) is 11.3 Å². The van der Waals surface area contributed by atoms with E-state index in [-0.39, 0.29) is 9.48 Å².